The van der Waals surface area contributed by atoms with Crippen LogP contribution < -0.4 is 4.90 Å². The fourth-order valence-corrected chi connectivity index (χ4v) is 4.05. The van der Waals surface area contributed by atoms with Crippen LogP contribution in [0.1, 0.15) is 78.9 Å². The van der Waals surface area contributed by atoms with Crippen LogP contribution in [0.25, 0.3) is 0 Å². The van der Waals surface area contributed by atoms with Gasteiger partial charge in [-0.1, -0.05) is 50.5 Å². The lowest BCUT2D eigenvalue weighted by atomic mass is 9.78. The topological polar surface area (TPSA) is 29.5 Å². The number of ether oxygens (including phenoxy) is 1. The van der Waals surface area contributed by atoms with E-state index in [0.29, 0.717) is 5.92 Å². The molecule has 2 rings (SSSR count). The van der Waals surface area contributed by atoms with Crippen LogP contribution in [0.4, 0.5) is 10.5 Å². The Bertz CT molecular complexity index is 653. The monoisotopic (exact) mass is 409 g/mol. The maximum absolute atomic E-state index is 13.2. The Kier molecular flexibility index (Phi) is 5.63. The van der Waals surface area contributed by atoms with Crippen LogP contribution in [0.3, 0.4) is 0 Å². The van der Waals surface area contributed by atoms with Crippen molar-refractivity contribution in [2.75, 3.05) is 4.90 Å². The molecule has 0 radical (unpaired) electrons. The van der Waals surface area contributed by atoms with Crippen LogP contribution >= 0.6 is 15.9 Å². The zero-order chi connectivity index (χ0) is 19.2. The summed E-state index contributed by atoms with van der Waals surface area (Å²) in [5.41, 5.74) is 2.95. The van der Waals surface area contributed by atoms with Crippen LogP contribution in [0.2, 0.25) is 0 Å². The number of nitrogens with zero attached hydrogens (tertiary/aromatic N) is 1. The van der Waals surface area contributed by atoms with Crippen molar-refractivity contribution in [1.82, 2.24) is 0 Å². The first kappa shape index (κ1) is 20.3. The number of amides is 1. The Morgan fingerprint density at radius 3 is 2.28 bits per heavy atom. The fourth-order valence-electron chi connectivity index (χ4n) is 3.53. The van der Waals surface area contributed by atoms with E-state index in [0.717, 1.165) is 23.0 Å². The first-order valence-corrected chi connectivity index (χ1v) is 9.95. The highest BCUT2D eigenvalue weighted by Gasteiger charge is 2.41. The second kappa shape index (κ2) is 6.94. The van der Waals surface area contributed by atoms with Crippen molar-refractivity contribution in [3.8, 4) is 0 Å². The molecule has 1 unspecified atom stereocenters. The summed E-state index contributed by atoms with van der Waals surface area (Å²) in [6, 6.07) is 4.41. The van der Waals surface area contributed by atoms with Gasteiger partial charge in [-0.25, -0.2) is 4.79 Å². The largest absolute Gasteiger partial charge is 0.443 e. The maximum atomic E-state index is 13.2. The van der Waals surface area contributed by atoms with Crippen molar-refractivity contribution < 1.29 is 9.53 Å². The summed E-state index contributed by atoms with van der Waals surface area (Å²) < 4.78 is 6.88. The van der Waals surface area contributed by atoms with Crippen molar-refractivity contribution >= 4 is 27.7 Å². The van der Waals surface area contributed by atoms with Gasteiger partial charge in [-0.15, -0.1) is 0 Å². The average Bonchev–Trinajstić information content (AvgIpc) is 2.41. The number of benzene rings is 1. The predicted molar refractivity (Wildman–Crippen MR) is 109 cm³/mol. The van der Waals surface area contributed by atoms with Crippen LogP contribution in [0, 0.1) is 5.41 Å². The van der Waals surface area contributed by atoms with Crippen LogP contribution in [0.15, 0.2) is 16.6 Å². The normalized spacial score (nSPS) is 18.3. The molecule has 1 heterocycles. The number of halogens is 1. The second-order valence-corrected chi connectivity index (χ2v) is 10.3. The molecule has 140 valence electrons. The number of rotatable bonds is 1. The Morgan fingerprint density at radius 2 is 1.80 bits per heavy atom. The summed E-state index contributed by atoms with van der Waals surface area (Å²) >= 11 is 3.64. The Morgan fingerprint density at radius 1 is 1.20 bits per heavy atom. The number of carbonyl (C=O) groups is 1. The second-order valence-electron chi connectivity index (χ2n) is 9.43. The molecule has 1 aliphatic heterocycles. The lowest BCUT2D eigenvalue weighted by Gasteiger charge is -2.45. The molecular weight excluding hydrogens is 378 g/mol. The zero-order valence-corrected chi connectivity index (χ0v) is 18.5. The molecule has 1 aromatic rings. The SMILES string of the molecule is CC(C)c1cc(Br)cc2c1N(C(=O)OC(C)(C)C)C(C(C)(C)C)CC2. The highest BCUT2D eigenvalue weighted by atomic mass is 79.9. The molecule has 0 spiro atoms. The molecule has 25 heavy (non-hydrogen) atoms. The van der Waals surface area contributed by atoms with Gasteiger partial charge in [0.1, 0.15) is 5.60 Å². The van der Waals surface area contributed by atoms with Gasteiger partial charge in [0.15, 0.2) is 0 Å². The number of anilines is 1. The summed E-state index contributed by atoms with van der Waals surface area (Å²) in [4.78, 5) is 15.1. The molecule has 0 fully saturated rings. The first-order chi connectivity index (χ1) is 11.3. The Balaban J connectivity index is 2.64. The first-order valence-electron chi connectivity index (χ1n) is 9.16. The molecule has 0 aliphatic carbocycles. The average molecular weight is 410 g/mol. The molecule has 0 saturated heterocycles. The molecule has 1 aliphatic rings. The highest BCUT2D eigenvalue weighted by molar-refractivity contribution is 9.10. The third-order valence-corrected chi connectivity index (χ3v) is 5.09. The van der Waals surface area contributed by atoms with Gasteiger partial charge in [-0.3, -0.25) is 4.90 Å². The van der Waals surface area contributed by atoms with E-state index >= 15 is 0 Å². The fraction of sp³-hybridized carbons (Fsp3) is 0.667. The quantitative estimate of drug-likeness (QED) is 0.517. The van der Waals surface area contributed by atoms with E-state index in [4.69, 9.17) is 4.74 Å². The van der Waals surface area contributed by atoms with E-state index in [1.165, 1.54) is 11.1 Å². The van der Waals surface area contributed by atoms with Gasteiger partial charge < -0.3 is 4.74 Å². The van der Waals surface area contributed by atoms with Gasteiger partial charge in [0.25, 0.3) is 0 Å². The van der Waals surface area contributed by atoms with Gasteiger partial charge >= 0.3 is 6.09 Å². The molecule has 0 bridgehead atoms. The minimum Gasteiger partial charge on any atom is -0.443 e. The summed E-state index contributed by atoms with van der Waals surface area (Å²) in [5.74, 6) is 0.329. The number of aryl methyl sites for hydroxylation is 1. The third kappa shape index (κ3) is 4.58. The molecule has 3 nitrogen and oxygen atoms in total. The lowest BCUT2D eigenvalue weighted by Crippen LogP contribution is -2.52. The maximum Gasteiger partial charge on any atom is 0.415 e. The number of fused-ring (bicyclic) bond motifs is 1. The molecule has 0 saturated carbocycles. The standard InChI is InChI=1S/C21H32BrNO2/c1-13(2)16-12-15(22)11-14-9-10-17(20(3,4)5)23(18(14)16)19(24)25-21(6,7)8/h11-13,17H,9-10H2,1-8H3. The lowest BCUT2D eigenvalue weighted by molar-refractivity contribution is 0.0531. The minimum absolute atomic E-state index is 0.0179. The van der Waals surface area contributed by atoms with E-state index in [1.807, 2.05) is 25.7 Å². The van der Waals surface area contributed by atoms with Crippen molar-refractivity contribution in [3.05, 3.63) is 27.7 Å². The van der Waals surface area contributed by atoms with Gasteiger partial charge in [0, 0.05) is 10.5 Å². The minimum atomic E-state index is -0.509. The molecule has 0 N–H and O–H groups in total. The smallest absolute Gasteiger partial charge is 0.415 e. The molecule has 1 aromatic carbocycles. The summed E-state index contributed by atoms with van der Waals surface area (Å²) in [7, 11) is 0. The molecular formula is C21H32BrNO2. The predicted octanol–water partition coefficient (Wildman–Crippen LogP) is 6.67. The van der Waals surface area contributed by atoms with Crippen LogP contribution in [-0.2, 0) is 11.2 Å². The molecule has 1 atom stereocenters. The Labute approximate surface area is 161 Å². The molecule has 4 heteroatoms. The third-order valence-electron chi connectivity index (χ3n) is 4.63. The van der Waals surface area contributed by atoms with E-state index in [9.17, 15) is 4.79 Å². The molecule has 0 aromatic heterocycles. The summed E-state index contributed by atoms with van der Waals surface area (Å²) in [6.45, 7) is 16.7. The van der Waals surface area contributed by atoms with Crippen LogP contribution in [0.5, 0.6) is 0 Å². The Hall–Kier alpha value is -1.03. The van der Waals surface area contributed by atoms with Crippen molar-refractivity contribution in [2.24, 2.45) is 5.41 Å². The highest BCUT2D eigenvalue weighted by Crippen LogP contribution is 2.44. The van der Waals surface area contributed by atoms with Gasteiger partial charge in [-0.2, -0.15) is 0 Å². The van der Waals surface area contributed by atoms with E-state index in [1.54, 1.807) is 0 Å². The van der Waals surface area contributed by atoms with Gasteiger partial charge in [0.05, 0.1) is 5.69 Å². The van der Waals surface area contributed by atoms with Gasteiger partial charge in [-0.05, 0) is 68.2 Å². The van der Waals surface area contributed by atoms with Crippen LogP contribution in [-0.4, -0.2) is 17.7 Å². The van der Waals surface area contributed by atoms with E-state index in [-0.39, 0.29) is 17.6 Å². The summed E-state index contributed by atoms with van der Waals surface area (Å²) in [6.07, 6.45) is 1.69. The van der Waals surface area contributed by atoms with E-state index < -0.39 is 5.60 Å². The number of carbonyl (C=O) groups excluding carboxylic acids is 1. The number of hydrogen-bond donors (Lipinski definition) is 0. The van der Waals surface area contributed by atoms with Crippen molar-refractivity contribution in [1.29, 1.82) is 0 Å². The zero-order valence-electron chi connectivity index (χ0n) is 16.9. The van der Waals surface area contributed by atoms with E-state index in [2.05, 4.69) is 62.7 Å². The molecule has 1 amide bonds. The van der Waals surface area contributed by atoms with Crippen molar-refractivity contribution in [3.63, 3.8) is 0 Å². The van der Waals surface area contributed by atoms with Gasteiger partial charge in [0.2, 0.25) is 0 Å². The summed E-state index contributed by atoms with van der Waals surface area (Å²) in [5, 5.41) is 0. The van der Waals surface area contributed by atoms with Crippen molar-refractivity contribution in [2.45, 2.75) is 85.8 Å². The number of hydrogen-bond acceptors (Lipinski definition) is 2.